The summed E-state index contributed by atoms with van der Waals surface area (Å²) >= 11 is 11.7. The molecule has 1 amide bonds. The Morgan fingerprint density at radius 3 is 2.71 bits per heavy atom. The number of hydrogen-bond acceptors (Lipinski definition) is 6. The van der Waals surface area contributed by atoms with Crippen LogP contribution < -0.4 is 10.1 Å². The Morgan fingerprint density at radius 2 is 2.08 bits per heavy atom. The van der Waals surface area contributed by atoms with E-state index < -0.39 is 24.6 Å². The standard InChI is InChI=1S/C15H14Cl2N2O5/c1-8-5-13(19-24-8)18-15(21)9(2)23-14(20)7-22-12-4-3-10(16)6-11(12)17/h3-6,9H,7H2,1-2H3,(H,18,19,21). The molecule has 0 spiro atoms. The average Bonchev–Trinajstić information content (AvgIpc) is 2.91. The predicted molar refractivity (Wildman–Crippen MR) is 87.4 cm³/mol. The summed E-state index contributed by atoms with van der Waals surface area (Å²) < 4.78 is 15.0. The first kappa shape index (κ1) is 18.1. The van der Waals surface area contributed by atoms with E-state index in [-0.39, 0.29) is 16.6 Å². The number of ether oxygens (including phenoxy) is 2. The second kappa shape index (κ2) is 8.03. The predicted octanol–water partition coefficient (Wildman–Crippen LogP) is 3.24. The van der Waals surface area contributed by atoms with Gasteiger partial charge < -0.3 is 19.3 Å². The van der Waals surface area contributed by atoms with Gasteiger partial charge in [-0.1, -0.05) is 28.4 Å². The van der Waals surface area contributed by atoms with Gasteiger partial charge in [-0.2, -0.15) is 0 Å². The highest BCUT2D eigenvalue weighted by molar-refractivity contribution is 6.35. The molecule has 2 aromatic rings. The van der Waals surface area contributed by atoms with E-state index in [4.69, 9.17) is 37.2 Å². The number of hydrogen-bond donors (Lipinski definition) is 1. The number of halogens is 2. The highest BCUT2D eigenvalue weighted by Gasteiger charge is 2.19. The van der Waals surface area contributed by atoms with Crippen LogP contribution in [0.3, 0.4) is 0 Å². The zero-order valence-electron chi connectivity index (χ0n) is 12.8. The van der Waals surface area contributed by atoms with Crippen molar-refractivity contribution in [2.24, 2.45) is 0 Å². The average molecular weight is 373 g/mol. The third-order valence-corrected chi connectivity index (χ3v) is 3.33. The molecule has 1 heterocycles. The number of carbonyl (C=O) groups is 2. The van der Waals surface area contributed by atoms with Gasteiger partial charge in [0.25, 0.3) is 5.91 Å². The van der Waals surface area contributed by atoms with Gasteiger partial charge in [-0.3, -0.25) is 4.79 Å². The zero-order valence-corrected chi connectivity index (χ0v) is 14.4. The Bertz CT molecular complexity index is 747. The molecular weight excluding hydrogens is 359 g/mol. The van der Waals surface area contributed by atoms with Crippen LogP contribution in [0.5, 0.6) is 5.75 Å². The van der Waals surface area contributed by atoms with Crippen LogP contribution in [0.1, 0.15) is 12.7 Å². The molecule has 9 heteroatoms. The summed E-state index contributed by atoms with van der Waals surface area (Å²) in [5.74, 6) is -0.192. The van der Waals surface area contributed by atoms with Crippen molar-refractivity contribution < 1.29 is 23.6 Å². The van der Waals surface area contributed by atoms with Crippen LogP contribution in [-0.2, 0) is 14.3 Å². The van der Waals surface area contributed by atoms with Gasteiger partial charge in [0.05, 0.1) is 5.02 Å². The molecule has 2 rings (SSSR count). The monoisotopic (exact) mass is 372 g/mol. The normalized spacial score (nSPS) is 11.7. The molecule has 24 heavy (non-hydrogen) atoms. The van der Waals surface area contributed by atoms with E-state index in [1.54, 1.807) is 13.0 Å². The molecule has 0 aliphatic heterocycles. The number of aryl methyl sites for hydroxylation is 1. The largest absolute Gasteiger partial charge is 0.480 e. The van der Waals surface area contributed by atoms with Crippen molar-refractivity contribution in [3.8, 4) is 5.75 Å². The number of nitrogens with zero attached hydrogens (tertiary/aromatic N) is 1. The number of rotatable bonds is 6. The molecule has 7 nitrogen and oxygen atoms in total. The van der Waals surface area contributed by atoms with Crippen LogP contribution in [0, 0.1) is 6.92 Å². The molecule has 0 saturated heterocycles. The van der Waals surface area contributed by atoms with Crippen LogP contribution in [0.4, 0.5) is 5.82 Å². The maximum Gasteiger partial charge on any atom is 0.344 e. The molecule has 128 valence electrons. The summed E-state index contributed by atoms with van der Waals surface area (Å²) in [5, 5.41) is 6.79. The smallest absolute Gasteiger partial charge is 0.344 e. The van der Waals surface area contributed by atoms with Crippen molar-refractivity contribution in [1.29, 1.82) is 0 Å². The van der Waals surface area contributed by atoms with Crippen molar-refractivity contribution in [2.75, 3.05) is 11.9 Å². The van der Waals surface area contributed by atoms with Gasteiger partial charge in [0, 0.05) is 11.1 Å². The molecule has 0 aliphatic rings. The minimum absolute atomic E-state index is 0.240. The van der Waals surface area contributed by atoms with E-state index >= 15 is 0 Å². The van der Waals surface area contributed by atoms with Crippen molar-refractivity contribution in [2.45, 2.75) is 20.0 Å². The minimum atomic E-state index is -1.03. The number of benzene rings is 1. The second-order valence-electron chi connectivity index (χ2n) is 4.81. The van der Waals surface area contributed by atoms with Crippen molar-refractivity contribution >= 4 is 40.9 Å². The zero-order chi connectivity index (χ0) is 17.7. The number of aromatic nitrogens is 1. The van der Waals surface area contributed by atoms with E-state index in [9.17, 15) is 9.59 Å². The second-order valence-corrected chi connectivity index (χ2v) is 5.65. The molecule has 1 N–H and O–H groups in total. The molecule has 0 bridgehead atoms. The molecule has 1 aromatic heterocycles. The van der Waals surface area contributed by atoms with Crippen molar-refractivity contribution in [3.63, 3.8) is 0 Å². The fourth-order valence-electron chi connectivity index (χ4n) is 1.67. The number of esters is 1. The Kier molecular flexibility index (Phi) is 6.05. The number of nitrogens with one attached hydrogen (secondary N) is 1. The van der Waals surface area contributed by atoms with Gasteiger partial charge in [0.15, 0.2) is 18.5 Å². The first-order valence-corrected chi connectivity index (χ1v) is 7.62. The third kappa shape index (κ3) is 5.14. The van der Waals surface area contributed by atoms with Crippen molar-refractivity contribution in [1.82, 2.24) is 5.16 Å². The van der Waals surface area contributed by atoms with E-state index in [0.717, 1.165) is 0 Å². The summed E-state index contributed by atoms with van der Waals surface area (Å²) in [4.78, 5) is 23.6. The SMILES string of the molecule is Cc1cc(NC(=O)C(C)OC(=O)COc2ccc(Cl)cc2Cl)no1. The maximum absolute atomic E-state index is 11.9. The van der Waals surface area contributed by atoms with Gasteiger partial charge in [0.2, 0.25) is 0 Å². The van der Waals surface area contributed by atoms with Crippen molar-refractivity contribution in [3.05, 3.63) is 40.1 Å². The van der Waals surface area contributed by atoms with Gasteiger partial charge in [0.1, 0.15) is 11.5 Å². The molecule has 1 unspecified atom stereocenters. The summed E-state index contributed by atoms with van der Waals surface area (Å²) in [6.45, 7) is 2.71. The minimum Gasteiger partial charge on any atom is -0.480 e. The quantitative estimate of drug-likeness (QED) is 0.782. The lowest BCUT2D eigenvalue weighted by Crippen LogP contribution is -2.31. The fourth-order valence-corrected chi connectivity index (χ4v) is 2.13. The van der Waals surface area contributed by atoms with Gasteiger partial charge in [-0.25, -0.2) is 4.79 Å². The fraction of sp³-hybridized carbons (Fsp3) is 0.267. The lowest BCUT2D eigenvalue weighted by atomic mass is 10.3. The van der Waals surface area contributed by atoms with Crippen LogP contribution in [0.15, 0.2) is 28.8 Å². The molecule has 0 aliphatic carbocycles. The summed E-state index contributed by atoms with van der Waals surface area (Å²) in [7, 11) is 0. The number of carbonyl (C=O) groups excluding carboxylic acids is 2. The molecule has 0 fully saturated rings. The van der Waals surface area contributed by atoms with Gasteiger partial charge in [-0.15, -0.1) is 0 Å². The van der Waals surface area contributed by atoms with Gasteiger partial charge in [-0.05, 0) is 32.0 Å². The van der Waals surface area contributed by atoms with Crippen LogP contribution >= 0.6 is 23.2 Å². The van der Waals surface area contributed by atoms with E-state index in [0.29, 0.717) is 10.8 Å². The number of amides is 1. The Hall–Kier alpha value is -2.25. The molecule has 0 saturated carbocycles. The third-order valence-electron chi connectivity index (χ3n) is 2.80. The Labute approximate surface area is 147 Å². The highest BCUT2D eigenvalue weighted by Crippen LogP contribution is 2.27. The summed E-state index contributed by atoms with van der Waals surface area (Å²) in [6.07, 6.45) is -1.03. The summed E-state index contributed by atoms with van der Waals surface area (Å²) in [5.41, 5.74) is 0. The molecule has 0 radical (unpaired) electrons. The first-order chi connectivity index (χ1) is 11.3. The van der Waals surface area contributed by atoms with Crippen LogP contribution in [0.25, 0.3) is 0 Å². The van der Waals surface area contributed by atoms with E-state index in [2.05, 4.69) is 10.5 Å². The lowest BCUT2D eigenvalue weighted by molar-refractivity contribution is -0.155. The molecule has 1 aromatic carbocycles. The molecular formula is C15H14Cl2N2O5. The van der Waals surface area contributed by atoms with E-state index in [1.165, 1.54) is 25.1 Å². The van der Waals surface area contributed by atoms with Crippen LogP contribution in [0.2, 0.25) is 10.0 Å². The highest BCUT2D eigenvalue weighted by atomic mass is 35.5. The Balaban J connectivity index is 1.81. The number of anilines is 1. The first-order valence-electron chi connectivity index (χ1n) is 6.86. The van der Waals surface area contributed by atoms with E-state index in [1.807, 2.05) is 0 Å². The lowest BCUT2D eigenvalue weighted by Gasteiger charge is -2.13. The summed E-state index contributed by atoms with van der Waals surface area (Å²) in [6, 6.07) is 6.13. The van der Waals surface area contributed by atoms with Gasteiger partial charge >= 0.3 is 5.97 Å². The Morgan fingerprint density at radius 1 is 1.33 bits per heavy atom. The molecule has 1 atom stereocenters. The topological polar surface area (TPSA) is 90.7 Å². The van der Waals surface area contributed by atoms with Crippen LogP contribution in [-0.4, -0.2) is 29.7 Å². The maximum atomic E-state index is 11.9.